The second-order valence-electron chi connectivity index (χ2n) is 7.94. The third-order valence-electron chi connectivity index (χ3n) is 5.24. The van der Waals surface area contributed by atoms with Crippen LogP contribution in [-0.2, 0) is 19.1 Å². The van der Waals surface area contributed by atoms with Gasteiger partial charge in [-0.2, -0.15) is 0 Å². The molecule has 9 nitrogen and oxygen atoms in total. The van der Waals surface area contributed by atoms with Crippen molar-refractivity contribution in [3.63, 3.8) is 0 Å². The summed E-state index contributed by atoms with van der Waals surface area (Å²) in [6, 6.07) is 18.9. The Bertz CT molecular complexity index is 1300. The number of nitrogens with one attached hydrogen (secondary N) is 1. The number of amides is 1. The summed E-state index contributed by atoms with van der Waals surface area (Å²) in [6.45, 7) is -0.834. The molecule has 0 fully saturated rings. The molecule has 1 amide bonds. The van der Waals surface area contributed by atoms with Gasteiger partial charge in [0.15, 0.2) is 24.8 Å². The van der Waals surface area contributed by atoms with Crippen molar-refractivity contribution < 1.29 is 38.2 Å². The molecule has 3 aromatic carbocycles. The van der Waals surface area contributed by atoms with Gasteiger partial charge >= 0.3 is 11.9 Å². The molecule has 0 saturated heterocycles. The molecule has 1 N–H and O–H groups in total. The Morgan fingerprint density at radius 2 is 1.21 bits per heavy atom. The zero-order chi connectivity index (χ0) is 27.5. The molecule has 0 spiro atoms. The van der Waals surface area contributed by atoms with E-state index in [2.05, 4.69) is 21.2 Å². The number of hydrogen-bond acceptors (Lipinski definition) is 8. The summed E-state index contributed by atoms with van der Waals surface area (Å²) in [7, 11) is 1.52. The summed E-state index contributed by atoms with van der Waals surface area (Å²) in [6.07, 6.45) is -0.353. The molecule has 3 aromatic rings. The highest BCUT2D eigenvalue weighted by molar-refractivity contribution is 9.10. The number of hydrogen-bond donors (Lipinski definition) is 1. The van der Waals surface area contributed by atoms with Crippen LogP contribution in [0.4, 0.5) is 5.69 Å². The van der Waals surface area contributed by atoms with Crippen LogP contribution in [0.25, 0.3) is 0 Å². The Morgan fingerprint density at radius 1 is 0.684 bits per heavy atom. The van der Waals surface area contributed by atoms with Gasteiger partial charge in [0.2, 0.25) is 5.91 Å². The SMILES string of the molecule is COc1ccc(C(=O)COC(=O)c2ccc(NC(=O)CCC(=O)OCC(=O)c3ccc(Br)cc3)cc2)cc1. The normalized spacial score (nSPS) is 10.3. The van der Waals surface area contributed by atoms with Crippen molar-refractivity contribution in [3.8, 4) is 5.75 Å². The van der Waals surface area contributed by atoms with Crippen LogP contribution in [0.1, 0.15) is 43.9 Å². The van der Waals surface area contributed by atoms with Crippen LogP contribution in [0, 0.1) is 0 Å². The lowest BCUT2D eigenvalue weighted by Gasteiger charge is -2.08. The standard InChI is InChI=1S/C28H24BrNO8/c1-36-23-12-6-19(7-13-23)25(32)17-38-28(35)20-4-10-22(11-5-20)30-26(33)14-15-27(34)37-16-24(31)18-2-8-21(29)9-3-18/h2-13H,14-17H2,1H3,(H,30,33). The molecule has 0 heterocycles. The number of rotatable bonds is 12. The van der Waals surface area contributed by atoms with Gasteiger partial charge in [-0.15, -0.1) is 0 Å². The molecule has 0 bridgehead atoms. The first-order valence-electron chi connectivity index (χ1n) is 11.4. The predicted octanol–water partition coefficient (Wildman–Crippen LogP) is 4.64. The van der Waals surface area contributed by atoms with Gasteiger partial charge in [0.1, 0.15) is 5.75 Å². The van der Waals surface area contributed by atoms with E-state index in [4.69, 9.17) is 14.2 Å². The summed E-state index contributed by atoms with van der Waals surface area (Å²) in [5, 5.41) is 2.61. The van der Waals surface area contributed by atoms with Crippen LogP contribution in [0.3, 0.4) is 0 Å². The monoisotopic (exact) mass is 581 g/mol. The molecule has 196 valence electrons. The predicted molar refractivity (Wildman–Crippen MR) is 141 cm³/mol. The quantitative estimate of drug-likeness (QED) is 0.242. The van der Waals surface area contributed by atoms with Crippen molar-refractivity contribution in [2.24, 2.45) is 0 Å². The fourth-order valence-corrected chi connectivity index (χ4v) is 3.41. The molecule has 0 saturated carbocycles. The number of halogens is 1. The fraction of sp³-hybridized carbons (Fsp3) is 0.179. The van der Waals surface area contributed by atoms with Crippen LogP contribution in [0.2, 0.25) is 0 Å². The minimum Gasteiger partial charge on any atom is -0.497 e. The van der Waals surface area contributed by atoms with E-state index in [0.29, 0.717) is 22.6 Å². The lowest BCUT2D eigenvalue weighted by molar-refractivity contribution is -0.143. The van der Waals surface area contributed by atoms with E-state index in [9.17, 15) is 24.0 Å². The highest BCUT2D eigenvalue weighted by atomic mass is 79.9. The number of ether oxygens (including phenoxy) is 3. The van der Waals surface area contributed by atoms with Gasteiger partial charge in [-0.25, -0.2) is 4.79 Å². The molecule has 0 aliphatic heterocycles. The van der Waals surface area contributed by atoms with Crippen LogP contribution >= 0.6 is 15.9 Å². The summed E-state index contributed by atoms with van der Waals surface area (Å²) >= 11 is 3.28. The average molecular weight is 582 g/mol. The van der Waals surface area contributed by atoms with Crippen molar-refractivity contribution in [1.29, 1.82) is 0 Å². The minimum absolute atomic E-state index is 0.150. The number of methoxy groups -OCH3 is 1. The Morgan fingerprint density at radius 3 is 1.79 bits per heavy atom. The highest BCUT2D eigenvalue weighted by Crippen LogP contribution is 2.14. The number of carbonyl (C=O) groups excluding carboxylic acids is 5. The van der Waals surface area contributed by atoms with Gasteiger partial charge in [0, 0.05) is 27.7 Å². The van der Waals surface area contributed by atoms with Crippen LogP contribution in [0.15, 0.2) is 77.3 Å². The van der Waals surface area contributed by atoms with E-state index >= 15 is 0 Å². The van der Waals surface area contributed by atoms with Crippen molar-refractivity contribution in [3.05, 3.63) is 94.0 Å². The summed E-state index contributed by atoms with van der Waals surface area (Å²) in [4.78, 5) is 60.5. The topological polar surface area (TPSA) is 125 Å². The molecule has 0 radical (unpaired) electrons. The Hall–Kier alpha value is -4.31. The van der Waals surface area contributed by atoms with Crippen molar-refractivity contribution in [2.45, 2.75) is 12.8 Å². The molecule has 0 aromatic heterocycles. The second-order valence-corrected chi connectivity index (χ2v) is 8.86. The number of esters is 2. The van der Waals surface area contributed by atoms with Gasteiger partial charge < -0.3 is 19.5 Å². The van der Waals surface area contributed by atoms with Gasteiger partial charge in [-0.05, 0) is 60.7 Å². The Kier molecular flexibility index (Phi) is 10.3. The first-order chi connectivity index (χ1) is 18.2. The maximum Gasteiger partial charge on any atom is 0.338 e. The van der Waals surface area contributed by atoms with Crippen molar-refractivity contribution in [1.82, 2.24) is 0 Å². The van der Waals surface area contributed by atoms with Crippen LogP contribution in [-0.4, -0.2) is 49.7 Å². The van der Waals surface area contributed by atoms with Crippen LogP contribution < -0.4 is 10.1 Å². The second kappa shape index (κ2) is 13.8. The summed E-state index contributed by atoms with van der Waals surface area (Å²) < 4.78 is 15.9. The molecular weight excluding hydrogens is 558 g/mol. The smallest absolute Gasteiger partial charge is 0.338 e. The van der Waals surface area contributed by atoms with Crippen LogP contribution in [0.5, 0.6) is 5.75 Å². The maximum absolute atomic E-state index is 12.2. The number of Topliss-reactive ketones (excluding diaryl/α,β-unsaturated/α-hetero) is 2. The first-order valence-corrected chi connectivity index (χ1v) is 12.2. The molecule has 10 heteroatoms. The largest absolute Gasteiger partial charge is 0.497 e. The lowest BCUT2D eigenvalue weighted by Crippen LogP contribution is -2.17. The molecular formula is C28H24BrNO8. The molecule has 0 unspecified atom stereocenters. The molecule has 3 rings (SSSR count). The Balaban J connectivity index is 1.38. The van der Waals surface area contributed by atoms with Gasteiger partial charge in [0.05, 0.1) is 19.1 Å². The van der Waals surface area contributed by atoms with E-state index in [0.717, 1.165) is 4.47 Å². The number of ketones is 2. The minimum atomic E-state index is -0.690. The highest BCUT2D eigenvalue weighted by Gasteiger charge is 2.14. The third-order valence-corrected chi connectivity index (χ3v) is 5.77. The zero-order valence-electron chi connectivity index (χ0n) is 20.4. The third kappa shape index (κ3) is 8.67. The molecule has 0 aliphatic carbocycles. The maximum atomic E-state index is 12.2. The average Bonchev–Trinajstić information content (AvgIpc) is 2.94. The number of anilines is 1. The van der Waals surface area contributed by atoms with Crippen molar-refractivity contribution >= 4 is 51.0 Å². The van der Waals surface area contributed by atoms with Gasteiger partial charge in [-0.1, -0.05) is 28.1 Å². The fourth-order valence-electron chi connectivity index (χ4n) is 3.14. The summed E-state index contributed by atoms with van der Waals surface area (Å²) in [5.74, 6) is -1.91. The zero-order valence-corrected chi connectivity index (χ0v) is 22.0. The summed E-state index contributed by atoms with van der Waals surface area (Å²) in [5.41, 5.74) is 1.40. The molecule has 38 heavy (non-hydrogen) atoms. The van der Waals surface area contributed by atoms with Gasteiger partial charge in [-0.3, -0.25) is 19.2 Å². The molecule has 0 atom stereocenters. The van der Waals surface area contributed by atoms with E-state index in [1.807, 2.05) is 0 Å². The Labute approximate surface area is 227 Å². The van der Waals surface area contributed by atoms with E-state index in [-0.39, 0.29) is 30.0 Å². The van der Waals surface area contributed by atoms with E-state index in [1.54, 1.807) is 48.5 Å². The van der Waals surface area contributed by atoms with E-state index in [1.165, 1.54) is 31.4 Å². The van der Waals surface area contributed by atoms with E-state index < -0.39 is 31.1 Å². The lowest BCUT2D eigenvalue weighted by atomic mass is 10.1. The first kappa shape index (κ1) is 28.3. The van der Waals surface area contributed by atoms with Crippen molar-refractivity contribution in [2.75, 3.05) is 25.6 Å². The number of carbonyl (C=O) groups is 5. The van der Waals surface area contributed by atoms with Gasteiger partial charge in [0.25, 0.3) is 0 Å². The number of benzene rings is 3. The molecule has 0 aliphatic rings.